The molecular weight excluding hydrogens is 337 g/mol. The Morgan fingerprint density at radius 1 is 1.33 bits per heavy atom. The van der Waals surface area contributed by atoms with Crippen LogP contribution in [0.25, 0.3) is 11.0 Å². The second-order valence-electron chi connectivity index (χ2n) is 4.71. The van der Waals surface area contributed by atoms with E-state index in [0.29, 0.717) is 29.2 Å². The summed E-state index contributed by atoms with van der Waals surface area (Å²) in [6.45, 7) is 0.220. The number of rotatable bonds is 4. The third kappa shape index (κ3) is 4.04. The van der Waals surface area contributed by atoms with Crippen molar-refractivity contribution in [2.24, 2.45) is 0 Å². The Morgan fingerprint density at radius 3 is 2.79 bits per heavy atom. The molecule has 0 unspecified atom stereocenters. The largest absolute Gasteiger partial charge is 0.483 e. The summed E-state index contributed by atoms with van der Waals surface area (Å²) in [5, 5.41) is 10.8. The monoisotopic (exact) mass is 351 g/mol. The number of hydrogen-bond donors (Lipinski definition) is 2. The Hall–Kier alpha value is -2.57. The molecule has 1 aromatic heterocycles. The van der Waals surface area contributed by atoms with Crippen LogP contribution in [0.5, 0.6) is 11.5 Å². The van der Waals surface area contributed by atoms with Crippen LogP contribution in [0.3, 0.4) is 0 Å². The third-order valence-electron chi connectivity index (χ3n) is 3.13. The minimum absolute atomic E-state index is 0.0245. The minimum atomic E-state index is -0.467. The molecule has 7 heteroatoms. The first kappa shape index (κ1) is 17.8. The maximum Gasteiger partial charge on any atom is 0.290 e. The average molecular weight is 352 g/mol. The molecule has 0 radical (unpaired) electrons. The van der Waals surface area contributed by atoms with Crippen molar-refractivity contribution in [1.29, 1.82) is 0 Å². The quantitative estimate of drug-likeness (QED) is 0.680. The summed E-state index contributed by atoms with van der Waals surface area (Å²) in [4.78, 5) is 8.36. The smallest absolute Gasteiger partial charge is 0.290 e. The number of para-hydroxylation sites is 1. The molecule has 2 N–H and O–H groups in total. The number of ether oxygens (including phenoxy) is 1. The molecule has 2 aromatic carbocycles. The average Bonchev–Trinajstić information content (AvgIpc) is 3.03. The number of nitrogens with one attached hydrogen (secondary N) is 1. The van der Waals surface area contributed by atoms with Crippen molar-refractivity contribution in [2.75, 3.05) is 7.05 Å². The molecule has 0 amide bonds. The topological polar surface area (TPSA) is 71.7 Å². The van der Waals surface area contributed by atoms with Gasteiger partial charge in [-0.2, -0.15) is 0 Å². The van der Waals surface area contributed by atoms with Gasteiger partial charge in [-0.25, -0.2) is 4.39 Å². The van der Waals surface area contributed by atoms with Gasteiger partial charge in [0.15, 0.2) is 11.3 Å². The lowest BCUT2D eigenvalue weighted by Crippen LogP contribution is -2.07. The van der Waals surface area contributed by atoms with Crippen molar-refractivity contribution in [1.82, 2.24) is 5.32 Å². The van der Waals surface area contributed by atoms with Crippen molar-refractivity contribution in [3.8, 4) is 11.5 Å². The van der Waals surface area contributed by atoms with E-state index >= 15 is 0 Å². The van der Waals surface area contributed by atoms with Crippen molar-refractivity contribution in [2.45, 2.75) is 6.54 Å². The highest BCUT2D eigenvalue weighted by Crippen LogP contribution is 2.34. The van der Waals surface area contributed by atoms with E-state index in [1.54, 1.807) is 19.4 Å². The number of furan rings is 1. The molecule has 0 fully saturated rings. The SMILES string of the molecule is CNCc1cc(F)c(Cl)cc1Oc1cccc2ccoc12.O=CO. The summed E-state index contributed by atoms with van der Waals surface area (Å²) < 4.78 is 24.9. The molecule has 1 heterocycles. The summed E-state index contributed by atoms with van der Waals surface area (Å²) in [6, 6.07) is 10.3. The van der Waals surface area contributed by atoms with E-state index in [2.05, 4.69) is 5.32 Å². The van der Waals surface area contributed by atoms with Gasteiger partial charge in [0.2, 0.25) is 0 Å². The summed E-state index contributed by atoms with van der Waals surface area (Å²) >= 11 is 5.85. The van der Waals surface area contributed by atoms with Gasteiger partial charge in [-0.3, -0.25) is 4.79 Å². The fraction of sp³-hybridized carbons (Fsp3) is 0.118. The van der Waals surface area contributed by atoms with Crippen LogP contribution in [0.1, 0.15) is 5.56 Å². The van der Waals surface area contributed by atoms with Gasteiger partial charge in [0.25, 0.3) is 6.47 Å². The number of carbonyl (C=O) groups is 1. The lowest BCUT2D eigenvalue weighted by Gasteiger charge is -2.12. The zero-order chi connectivity index (χ0) is 17.5. The Labute approximate surface area is 142 Å². The van der Waals surface area contributed by atoms with Gasteiger partial charge in [0.1, 0.15) is 11.6 Å². The fourth-order valence-electron chi connectivity index (χ4n) is 2.16. The highest BCUT2D eigenvalue weighted by molar-refractivity contribution is 6.30. The fourth-order valence-corrected chi connectivity index (χ4v) is 2.31. The van der Waals surface area contributed by atoms with Crippen molar-refractivity contribution >= 4 is 29.0 Å². The Balaban J connectivity index is 0.000000647. The molecule has 0 saturated heterocycles. The standard InChI is InChI=1S/C16H13ClFNO2.CH2O2/c1-19-9-11-7-13(18)12(17)8-15(11)21-14-4-2-3-10-5-6-20-16(10)14;2-1-3/h2-8,19H,9H2,1H3;1H,(H,2,3). The van der Waals surface area contributed by atoms with Gasteiger partial charge < -0.3 is 19.6 Å². The normalized spacial score (nSPS) is 10.1. The molecule has 5 nitrogen and oxygen atoms in total. The molecular formula is C17H15ClFNO4. The Bertz CT molecular complexity index is 835. The van der Waals surface area contributed by atoms with Gasteiger partial charge in [0, 0.05) is 23.6 Å². The maximum atomic E-state index is 13.6. The van der Waals surface area contributed by atoms with E-state index in [1.165, 1.54) is 12.1 Å². The van der Waals surface area contributed by atoms with Gasteiger partial charge in [-0.1, -0.05) is 23.7 Å². The van der Waals surface area contributed by atoms with Crippen molar-refractivity contribution in [3.05, 3.63) is 59.1 Å². The van der Waals surface area contributed by atoms with Crippen LogP contribution in [0.4, 0.5) is 4.39 Å². The van der Waals surface area contributed by atoms with Gasteiger partial charge in [-0.15, -0.1) is 0 Å². The first-order chi connectivity index (χ1) is 11.6. The molecule has 24 heavy (non-hydrogen) atoms. The van der Waals surface area contributed by atoms with E-state index in [0.717, 1.165) is 5.39 Å². The molecule has 0 spiro atoms. The summed E-state index contributed by atoms with van der Waals surface area (Å²) in [6.07, 6.45) is 1.60. The molecule has 0 saturated carbocycles. The molecule has 0 atom stereocenters. The maximum absolute atomic E-state index is 13.6. The second-order valence-corrected chi connectivity index (χ2v) is 5.11. The van der Waals surface area contributed by atoms with E-state index in [9.17, 15) is 4.39 Å². The molecule has 0 bridgehead atoms. The second kappa shape index (κ2) is 8.33. The molecule has 3 aromatic rings. The highest BCUT2D eigenvalue weighted by Gasteiger charge is 2.13. The lowest BCUT2D eigenvalue weighted by molar-refractivity contribution is -0.122. The highest BCUT2D eigenvalue weighted by atomic mass is 35.5. The van der Waals surface area contributed by atoms with Crippen LogP contribution >= 0.6 is 11.6 Å². The van der Waals surface area contributed by atoms with Crippen molar-refractivity contribution < 1.29 is 23.4 Å². The van der Waals surface area contributed by atoms with E-state index in [4.69, 9.17) is 30.7 Å². The third-order valence-corrected chi connectivity index (χ3v) is 3.42. The molecule has 126 valence electrons. The van der Waals surface area contributed by atoms with Gasteiger partial charge in [-0.05, 0) is 25.2 Å². The van der Waals surface area contributed by atoms with Gasteiger partial charge in [0.05, 0.1) is 11.3 Å². The van der Waals surface area contributed by atoms with E-state index in [-0.39, 0.29) is 11.5 Å². The number of hydrogen-bond acceptors (Lipinski definition) is 4. The zero-order valence-electron chi connectivity index (χ0n) is 12.8. The van der Waals surface area contributed by atoms with E-state index in [1.807, 2.05) is 18.2 Å². The molecule has 0 aliphatic heterocycles. The van der Waals surface area contributed by atoms with Crippen LogP contribution in [0.2, 0.25) is 5.02 Å². The van der Waals surface area contributed by atoms with Gasteiger partial charge >= 0.3 is 0 Å². The number of fused-ring (bicyclic) bond motifs is 1. The number of carboxylic acid groups (broad SMARTS) is 1. The number of halogens is 2. The van der Waals surface area contributed by atoms with Crippen LogP contribution in [0, 0.1) is 5.82 Å². The predicted octanol–water partition coefficient (Wildman–Crippen LogP) is 4.44. The van der Waals surface area contributed by atoms with Crippen LogP contribution in [-0.2, 0) is 11.3 Å². The number of benzene rings is 2. The zero-order valence-corrected chi connectivity index (χ0v) is 13.5. The first-order valence-electron chi connectivity index (χ1n) is 6.95. The van der Waals surface area contributed by atoms with Crippen LogP contribution in [0.15, 0.2) is 47.1 Å². The Kier molecular flexibility index (Phi) is 6.17. The Morgan fingerprint density at radius 2 is 2.08 bits per heavy atom. The summed E-state index contributed by atoms with van der Waals surface area (Å²) in [7, 11) is 1.78. The molecule has 0 aliphatic carbocycles. The summed E-state index contributed by atoms with van der Waals surface area (Å²) in [5.74, 6) is 0.600. The summed E-state index contributed by atoms with van der Waals surface area (Å²) in [5.41, 5.74) is 1.33. The molecule has 0 aliphatic rings. The van der Waals surface area contributed by atoms with Crippen molar-refractivity contribution in [3.63, 3.8) is 0 Å². The first-order valence-corrected chi connectivity index (χ1v) is 7.33. The lowest BCUT2D eigenvalue weighted by atomic mass is 10.2. The minimum Gasteiger partial charge on any atom is -0.483 e. The predicted molar refractivity (Wildman–Crippen MR) is 89.2 cm³/mol. The van der Waals surface area contributed by atoms with E-state index < -0.39 is 5.82 Å². The molecule has 3 rings (SSSR count). The van der Waals surface area contributed by atoms with Crippen LogP contribution in [-0.4, -0.2) is 18.6 Å². The van der Waals surface area contributed by atoms with Crippen LogP contribution < -0.4 is 10.1 Å².